The minimum absolute atomic E-state index is 0.0819. The highest BCUT2D eigenvalue weighted by Crippen LogP contribution is 2.28. The van der Waals surface area contributed by atoms with Crippen LogP contribution in [0.3, 0.4) is 0 Å². The van der Waals surface area contributed by atoms with Gasteiger partial charge >= 0.3 is 5.97 Å². The highest BCUT2D eigenvalue weighted by molar-refractivity contribution is 7.99. The van der Waals surface area contributed by atoms with Crippen LogP contribution in [0.2, 0.25) is 0 Å². The molecule has 3 aromatic rings. The van der Waals surface area contributed by atoms with Crippen LogP contribution in [-0.2, 0) is 21.4 Å². The molecule has 0 saturated heterocycles. The fourth-order valence-corrected chi connectivity index (χ4v) is 4.85. The molecule has 0 unspecified atom stereocenters. The molecule has 3 aromatic heterocycles. The third-order valence-corrected chi connectivity index (χ3v) is 6.58. The number of rotatable bonds is 8. The molecule has 1 atom stereocenters. The van der Waals surface area contributed by atoms with Crippen molar-refractivity contribution in [1.29, 1.82) is 0 Å². The first-order valence-corrected chi connectivity index (χ1v) is 10.9. The molecule has 0 bridgehead atoms. The summed E-state index contributed by atoms with van der Waals surface area (Å²) >= 11 is 4.12. The number of carbonyl (C=O) groups is 2. The molecule has 0 fully saturated rings. The molecule has 7 nitrogen and oxygen atoms in total. The van der Waals surface area contributed by atoms with Crippen molar-refractivity contribution in [2.24, 2.45) is 7.05 Å². The molecule has 0 aliphatic carbocycles. The lowest BCUT2D eigenvalue weighted by Gasteiger charge is -2.12. The number of thiophene rings is 1. The zero-order chi connectivity index (χ0) is 19.4. The van der Waals surface area contributed by atoms with Crippen LogP contribution in [0.1, 0.15) is 23.5 Å². The Bertz CT molecular complexity index is 933. The Balaban J connectivity index is 1.74. The second-order valence-corrected chi connectivity index (χ2v) is 8.39. The van der Waals surface area contributed by atoms with E-state index in [2.05, 4.69) is 15.2 Å². The Hall–Kier alpha value is -2.04. The number of nitrogens with zero attached hydrogens (tertiary/aromatic N) is 4. The monoisotopic (exact) mass is 422 g/mol. The van der Waals surface area contributed by atoms with Gasteiger partial charge in [-0.25, -0.2) is 4.98 Å². The molecule has 0 aliphatic heterocycles. The van der Waals surface area contributed by atoms with Crippen LogP contribution in [0.25, 0.3) is 10.7 Å². The lowest BCUT2D eigenvalue weighted by molar-refractivity contribution is -0.147. The molecule has 142 valence electrons. The Morgan fingerprint density at radius 1 is 1.33 bits per heavy atom. The number of ketones is 1. The Morgan fingerprint density at radius 3 is 2.78 bits per heavy atom. The summed E-state index contributed by atoms with van der Waals surface area (Å²) in [6.07, 6.45) is 0. The average molecular weight is 423 g/mol. The van der Waals surface area contributed by atoms with E-state index in [-0.39, 0.29) is 18.1 Å². The number of hydrogen-bond donors (Lipinski definition) is 0. The zero-order valence-corrected chi connectivity index (χ0v) is 17.5. The summed E-state index contributed by atoms with van der Waals surface area (Å²) in [5.74, 6) is -0.986. The van der Waals surface area contributed by atoms with Crippen molar-refractivity contribution in [1.82, 2.24) is 19.7 Å². The van der Waals surface area contributed by atoms with Crippen LogP contribution < -0.4 is 0 Å². The smallest absolute Gasteiger partial charge is 0.323 e. The lowest BCUT2D eigenvalue weighted by Crippen LogP contribution is -2.25. The van der Waals surface area contributed by atoms with Gasteiger partial charge in [0.05, 0.1) is 17.2 Å². The lowest BCUT2D eigenvalue weighted by atomic mass is 10.1. The average Bonchev–Trinajstić information content (AvgIpc) is 3.36. The number of carbonyl (C=O) groups excluding carboxylic acids is 2. The van der Waals surface area contributed by atoms with Crippen LogP contribution in [0.4, 0.5) is 0 Å². The van der Waals surface area contributed by atoms with Crippen LogP contribution in [0.15, 0.2) is 28.0 Å². The second-order valence-electron chi connectivity index (χ2n) is 5.61. The topological polar surface area (TPSA) is 87.0 Å². The molecule has 0 saturated carbocycles. The minimum atomic E-state index is -0.999. The predicted octanol–water partition coefficient (Wildman–Crippen LogP) is 3.32. The first-order valence-electron chi connectivity index (χ1n) is 8.18. The Labute approximate surface area is 168 Å². The first-order chi connectivity index (χ1) is 13.0. The van der Waals surface area contributed by atoms with E-state index in [1.54, 1.807) is 18.3 Å². The normalized spacial score (nSPS) is 12.1. The van der Waals surface area contributed by atoms with Crippen molar-refractivity contribution in [3.63, 3.8) is 0 Å². The van der Waals surface area contributed by atoms with E-state index in [1.807, 2.05) is 41.4 Å². The van der Waals surface area contributed by atoms with Gasteiger partial charge < -0.3 is 9.30 Å². The molecule has 0 amide bonds. The Kier molecular flexibility index (Phi) is 6.40. The number of ether oxygens (including phenoxy) is 1. The van der Waals surface area contributed by atoms with Gasteiger partial charge in [-0.3, -0.25) is 9.59 Å². The van der Waals surface area contributed by atoms with Gasteiger partial charge in [0.1, 0.15) is 5.01 Å². The summed E-state index contributed by atoms with van der Waals surface area (Å²) in [5.41, 5.74) is 0.777. The summed E-state index contributed by atoms with van der Waals surface area (Å²) in [6.45, 7) is 3.76. The minimum Gasteiger partial charge on any atom is -0.465 e. The van der Waals surface area contributed by atoms with Gasteiger partial charge in [0.2, 0.25) is 0 Å². The summed E-state index contributed by atoms with van der Waals surface area (Å²) < 4.78 is 6.93. The molecule has 3 rings (SSSR count). The number of thiazole rings is 1. The SMILES string of the molecule is CCOC(=O)[C@@H](C(=O)CSc1nnc(-c2cccs2)n1C)c1nc(C)cs1. The van der Waals surface area contributed by atoms with E-state index in [9.17, 15) is 9.59 Å². The first kappa shape index (κ1) is 19.7. The molecule has 0 N–H and O–H groups in total. The summed E-state index contributed by atoms with van der Waals surface area (Å²) in [5, 5.41) is 13.2. The molecule has 0 spiro atoms. The molecule has 0 radical (unpaired) electrons. The van der Waals surface area contributed by atoms with Gasteiger partial charge in [-0.05, 0) is 25.3 Å². The summed E-state index contributed by atoms with van der Waals surface area (Å²) in [6, 6.07) is 3.92. The van der Waals surface area contributed by atoms with Crippen molar-refractivity contribution in [2.75, 3.05) is 12.4 Å². The van der Waals surface area contributed by atoms with Gasteiger partial charge in [0, 0.05) is 18.1 Å². The maximum absolute atomic E-state index is 12.8. The zero-order valence-electron chi connectivity index (χ0n) is 15.0. The largest absolute Gasteiger partial charge is 0.465 e. The van der Waals surface area contributed by atoms with Gasteiger partial charge in [-0.2, -0.15) is 0 Å². The molecule has 3 heterocycles. The highest BCUT2D eigenvalue weighted by Gasteiger charge is 2.32. The molecule has 0 aromatic carbocycles. The van der Waals surface area contributed by atoms with Gasteiger partial charge in [-0.1, -0.05) is 17.8 Å². The third kappa shape index (κ3) is 4.45. The fourth-order valence-electron chi connectivity index (χ4n) is 2.38. The van der Waals surface area contributed by atoms with E-state index in [0.29, 0.717) is 10.2 Å². The van der Waals surface area contributed by atoms with Crippen molar-refractivity contribution in [3.05, 3.63) is 33.6 Å². The maximum Gasteiger partial charge on any atom is 0.323 e. The van der Waals surface area contributed by atoms with Crippen LogP contribution in [0.5, 0.6) is 0 Å². The van der Waals surface area contributed by atoms with E-state index >= 15 is 0 Å². The van der Waals surface area contributed by atoms with Crippen LogP contribution >= 0.6 is 34.4 Å². The Morgan fingerprint density at radius 2 is 2.15 bits per heavy atom. The van der Waals surface area contributed by atoms with E-state index in [4.69, 9.17) is 4.74 Å². The highest BCUT2D eigenvalue weighted by atomic mass is 32.2. The number of aryl methyl sites for hydroxylation is 1. The van der Waals surface area contributed by atoms with Crippen molar-refractivity contribution < 1.29 is 14.3 Å². The van der Waals surface area contributed by atoms with Gasteiger partial charge in [0.25, 0.3) is 0 Å². The number of hydrogen-bond acceptors (Lipinski definition) is 9. The summed E-state index contributed by atoms with van der Waals surface area (Å²) in [4.78, 5) is 30.4. The second kappa shape index (κ2) is 8.77. The van der Waals surface area contributed by atoms with Gasteiger partial charge in [-0.15, -0.1) is 32.9 Å². The fraction of sp³-hybridized carbons (Fsp3) is 0.353. The van der Waals surface area contributed by atoms with Crippen LogP contribution in [0, 0.1) is 6.92 Å². The van der Waals surface area contributed by atoms with E-state index in [1.165, 1.54) is 23.1 Å². The van der Waals surface area contributed by atoms with Crippen molar-refractivity contribution >= 4 is 46.2 Å². The molecule has 0 aliphatic rings. The number of esters is 1. The van der Waals surface area contributed by atoms with E-state index in [0.717, 1.165) is 16.4 Å². The summed E-state index contributed by atoms with van der Waals surface area (Å²) in [7, 11) is 1.86. The number of aromatic nitrogens is 4. The van der Waals surface area contributed by atoms with Gasteiger partial charge in [0.15, 0.2) is 22.7 Å². The third-order valence-electron chi connectivity index (χ3n) is 3.65. The van der Waals surface area contributed by atoms with Crippen LogP contribution in [-0.4, -0.2) is 43.9 Å². The van der Waals surface area contributed by atoms with Crippen molar-refractivity contribution in [3.8, 4) is 10.7 Å². The number of Topliss-reactive ketones (excluding diaryl/α,β-unsaturated/α-hetero) is 1. The predicted molar refractivity (Wildman–Crippen MR) is 106 cm³/mol. The standard InChI is InChI=1S/C17H18N4O3S3/c1-4-24-16(23)13(15-18-10(2)8-26-15)11(22)9-27-17-20-19-14(21(17)3)12-6-5-7-25-12/h5-8,13H,4,9H2,1-3H3/t13-/m0/s1. The van der Waals surface area contributed by atoms with E-state index < -0.39 is 11.9 Å². The number of thioether (sulfide) groups is 1. The maximum atomic E-state index is 12.8. The molecule has 27 heavy (non-hydrogen) atoms. The molecular weight excluding hydrogens is 404 g/mol. The molecule has 10 heteroatoms. The quantitative estimate of drug-likeness (QED) is 0.313. The van der Waals surface area contributed by atoms with Crippen molar-refractivity contribution in [2.45, 2.75) is 24.9 Å². The molecular formula is C17H18N4O3S3.